The van der Waals surface area contributed by atoms with E-state index in [4.69, 9.17) is 16.3 Å². The Morgan fingerprint density at radius 1 is 1.33 bits per heavy atom. The fourth-order valence-corrected chi connectivity index (χ4v) is 7.98. The number of thioether (sulfide) groups is 1. The summed E-state index contributed by atoms with van der Waals surface area (Å²) in [5.41, 5.74) is 0.528. The number of fused-ring (bicyclic) bond motifs is 1. The number of amides is 2. The van der Waals surface area contributed by atoms with Crippen LogP contribution >= 0.6 is 23.4 Å². The van der Waals surface area contributed by atoms with Gasteiger partial charge in [-0.15, -0.1) is 18.3 Å². The van der Waals surface area contributed by atoms with Crippen LogP contribution < -0.4 is 4.90 Å². The molecule has 3 heterocycles. The molecule has 2 amide bonds. The standard InChI is InChI=1S/C24H27ClN2O5S/c1-3-11-26(16-8-6-5-7-15(16)25)22(30)20-24-10-9-17(33-24)18(23(31)32-14-4-2)19(24)21(29)27(20)12-13-28/h3-8,17-20,28H,1-2,9-14H2/t17-,18+,19-,20?,24?/m0/s1. The summed E-state index contributed by atoms with van der Waals surface area (Å²) in [6, 6.07) is 6.20. The number of para-hydroxylation sites is 1. The van der Waals surface area contributed by atoms with Crippen molar-refractivity contribution >= 4 is 46.8 Å². The molecule has 2 bridgehead atoms. The van der Waals surface area contributed by atoms with E-state index in [1.165, 1.54) is 15.9 Å². The van der Waals surface area contributed by atoms with Gasteiger partial charge in [0.1, 0.15) is 12.6 Å². The van der Waals surface area contributed by atoms with Gasteiger partial charge in [0.15, 0.2) is 0 Å². The summed E-state index contributed by atoms with van der Waals surface area (Å²) in [5, 5.41) is 10.0. The summed E-state index contributed by atoms with van der Waals surface area (Å²) in [7, 11) is 0. The molecule has 0 aliphatic carbocycles. The van der Waals surface area contributed by atoms with Crippen LogP contribution in [0.15, 0.2) is 49.6 Å². The van der Waals surface area contributed by atoms with Crippen molar-refractivity contribution in [2.75, 3.05) is 31.2 Å². The summed E-state index contributed by atoms with van der Waals surface area (Å²) in [6.45, 7) is 7.36. The van der Waals surface area contributed by atoms with Crippen molar-refractivity contribution < 1.29 is 24.2 Å². The highest BCUT2D eigenvalue weighted by Crippen LogP contribution is 2.66. The Kier molecular flexibility index (Phi) is 6.88. The molecule has 3 fully saturated rings. The molecular weight excluding hydrogens is 464 g/mol. The third-order valence-corrected chi connectivity index (χ3v) is 8.98. The van der Waals surface area contributed by atoms with E-state index in [0.29, 0.717) is 23.6 Å². The van der Waals surface area contributed by atoms with Gasteiger partial charge in [0.2, 0.25) is 5.91 Å². The lowest BCUT2D eigenvalue weighted by molar-refractivity contribution is -0.153. The van der Waals surface area contributed by atoms with Crippen molar-refractivity contribution in [1.29, 1.82) is 0 Å². The molecular formula is C24H27ClN2O5S. The van der Waals surface area contributed by atoms with Gasteiger partial charge in [0, 0.05) is 18.3 Å². The van der Waals surface area contributed by atoms with Gasteiger partial charge >= 0.3 is 5.97 Å². The van der Waals surface area contributed by atoms with Crippen molar-refractivity contribution in [3.8, 4) is 0 Å². The second kappa shape index (κ2) is 9.52. The van der Waals surface area contributed by atoms with Gasteiger partial charge in [0.25, 0.3) is 5.91 Å². The fourth-order valence-electron chi connectivity index (χ4n) is 5.54. The van der Waals surface area contributed by atoms with E-state index in [1.54, 1.807) is 42.1 Å². The van der Waals surface area contributed by atoms with E-state index in [2.05, 4.69) is 13.2 Å². The van der Waals surface area contributed by atoms with Crippen LogP contribution in [0.25, 0.3) is 0 Å². The van der Waals surface area contributed by atoms with Crippen LogP contribution in [-0.2, 0) is 19.1 Å². The number of likely N-dealkylation sites (tertiary alicyclic amines) is 1. The molecule has 1 aromatic carbocycles. The summed E-state index contributed by atoms with van der Waals surface area (Å²) in [4.78, 5) is 43.6. The highest BCUT2D eigenvalue weighted by molar-refractivity contribution is 8.02. The molecule has 2 unspecified atom stereocenters. The van der Waals surface area contributed by atoms with Gasteiger partial charge in [-0.1, -0.05) is 42.5 Å². The van der Waals surface area contributed by atoms with Crippen molar-refractivity contribution in [2.45, 2.75) is 28.9 Å². The molecule has 1 spiro atoms. The SMILES string of the molecule is C=CCOC(=O)[C@@H]1[C@@H]2CCC3(S2)C(C(=O)N(CC=C)c2ccccc2Cl)N(CCO)C(=O)[C@H]13. The number of aliphatic hydroxyl groups is 1. The summed E-state index contributed by atoms with van der Waals surface area (Å²) < 4.78 is 4.57. The minimum atomic E-state index is -0.828. The molecule has 3 aliphatic rings. The Hall–Kier alpha value is -2.29. The molecule has 33 heavy (non-hydrogen) atoms. The lowest BCUT2D eigenvalue weighted by Gasteiger charge is -2.37. The number of anilines is 1. The predicted octanol–water partition coefficient (Wildman–Crippen LogP) is 2.67. The molecule has 0 aromatic heterocycles. The fraction of sp³-hybridized carbons (Fsp3) is 0.458. The van der Waals surface area contributed by atoms with Crippen molar-refractivity contribution in [3.05, 3.63) is 54.6 Å². The first-order valence-electron chi connectivity index (χ1n) is 10.9. The number of nitrogens with zero attached hydrogens (tertiary/aromatic N) is 2. The second-order valence-electron chi connectivity index (χ2n) is 8.42. The lowest BCUT2D eigenvalue weighted by Crippen LogP contribution is -2.55. The number of hydrogen-bond acceptors (Lipinski definition) is 6. The van der Waals surface area contributed by atoms with Crippen molar-refractivity contribution in [2.24, 2.45) is 11.8 Å². The van der Waals surface area contributed by atoms with E-state index in [0.717, 1.165) is 0 Å². The van der Waals surface area contributed by atoms with Crippen LogP contribution in [0.4, 0.5) is 5.69 Å². The van der Waals surface area contributed by atoms with Gasteiger partial charge < -0.3 is 19.6 Å². The van der Waals surface area contributed by atoms with E-state index >= 15 is 0 Å². The number of ether oxygens (including phenoxy) is 1. The monoisotopic (exact) mass is 490 g/mol. The topological polar surface area (TPSA) is 87.2 Å². The van der Waals surface area contributed by atoms with Crippen molar-refractivity contribution in [1.82, 2.24) is 4.90 Å². The Bertz CT molecular complexity index is 987. The largest absolute Gasteiger partial charge is 0.461 e. The predicted molar refractivity (Wildman–Crippen MR) is 128 cm³/mol. The highest BCUT2D eigenvalue weighted by Gasteiger charge is 2.74. The Morgan fingerprint density at radius 2 is 2.09 bits per heavy atom. The van der Waals surface area contributed by atoms with Gasteiger partial charge in [-0.05, 0) is 25.0 Å². The first-order chi connectivity index (χ1) is 15.9. The third kappa shape index (κ3) is 3.78. The minimum absolute atomic E-state index is 0.0115. The molecule has 1 aromatic rings. The quantitative estimate of drug-likeness (QED) is 0.423. The number of hydrogen-bond donors (Lipinski definition) is 1. The van der Waals surface area contributed by atoms with Crippen molar-refractivity contribution in [3.63, 3.8) is 0 Å². The van der Waals surface area contributed by atoms with Crippen LogP contribution in [0.1, 0.15) is 12.8 Å². The summed E-state index contributed by atoms with van der Waals surface area (Å²) in [5.74, 6) is -2.30. The average molecular weight is 491 g/mol. The average Bonchev–Trinajstić information content (AvgIpc) is 3.44. The lowest BCUT2D eigenvalue weighted by atomic mass is 9.71. The van der Waals surface area contributed by atoms with Crippen LogP contribution in [0, 0.1) is 11.8 Å². The zero-order valence-electron chi connectivity index (χ0n) is 18.2. The van der Waals surface area contributed by atoms with Crippen LogP contribution in [0.2, 0.25) is 5.02 Å². The first kappa shape index (κ1) is 23.9. The summed E-state index contributed by atoms with van der Waals surface area (Å²) in [6.07, 6.45) is 4.45. The molecule has 4 rings (SSSR count). The maximum Gasteiger partial charge on any atom is 0.311 e. The van der Waals surface area contributed by atoms with Crippen LogP contribution in [0.3, 0.4) is 0 Å². The van der Waals surface area contributed by atoms with Crippen LogP contribution in [0.5, 0.6) is 0 Å². The van der Waals surface area contributed by atoms with Crippen LogP contribution in [-0.4, -0.2) is 70.1 Å². The molecule has 176 valence electrons. The van der Waals surface area contributed by atoms with E-state index in [-0.39, 0.29) is 43.4 Å². The molecule has 1 N–H and O–H groups in total. The maximum atomic E-state index is 14.1. The number of benzene rings is 1. The number of aliphatic hydroxyl groups excluding tert-OH is 1. The third-order valence-electron chi connectivity index (χ3n) is 6.71. The molecule has 0 radical (unpaired) electrons. The molecule has 5 atom stereocenters. The zero-order valence-corrected chi connectivity index (χ0v) is 19.8. The van der Waals surface area contributed by atoms with E-state index in [1.807, 2.05) is 0 Å². The zero-order chi connectivity index (χ0) is 23.8. The second-order valence-corrected chi connectivity index (χ2v) is 10.4. The van der Waals surface area contributed by atoms with E-state index in [9.17, 15) is 19.5 Å². The number of rotatable bonds is 9. The molecule has 9 heteroatoms. The number of carbonyl (C=O) groups is 3. The Labute approximate surface area is 202 Å². The molecule has 7 nitrogen and oxygen atoms in total. The normalized spacial score (nSPS) is 29.6. The number of halogens is 1. The number of β-amino-alcohol motifs (C(OH)–C–C–N with tert-alkyl or cyclic N) is 1. The molecule has 3 aliphatic heterocycles. The van der Waals surface area contributed by atoms with E-state index < -0.39 is 28.6 Å². The highest BCUT2D eigenvalue weighted by atomic mass is 35.5. The smallest absolute Gasteiger partial charge is 0.311 e. The molecule has 3 saturated heterocycles. The van der Waals surface area contributed by atoms with Gasteiger partial charge in [0.05, 0.1) is 33.9 Å². The minimum Gasteiger partial charge on any atom is -0.461 e. The summed E-state index contributed by atoms with van der Waals surface area (Å²) >= 11 is 7.96. The Balaban J connectivity index is 1.75. The van der Waals surface area contributed by atoms with Gasteiger partial charge in [-0.25, -0.2) is 0 Å². The van der Waals surface area contributed by atoms with Gasteiger partial charge in [-0.3, -0.25) is 14.4 Å². The number of carbonyl (C=O) groups excluding carboxylic acids is 3. The molecule has 0 saturated carbocycles. The Morgan fingerprint density at radius 3 is 2.76 bits per heavy atom. The van der Waals surface area contributed by atoms with Gasteiger partial charge in [-0.2, -0.15) is 0 Å². The first-order valence-corrected chi connectivity index (χ1v) is 12.2. The number of esters is 1. The maximum absolute atomic E-state index is 14.1.